The first-order valence-electron chi connectivity index (χ1n) is 8.23. The third kappa shape index (κ3) is 5.88. The zero-order valence-electron chi connectivity index (χ0n) is 14.7. The van der Waals surface area contributed by atoms with Gasteiger partial charge in [0.1, 0.15) is 18.2 Å². The molecule has 0 aliphatic heterocycles. The summed E-state index contributed by atoms with van der Waals surface area (Å²) >= 11 is 0. The van der Waals surface area contributed by atoms with E-state index in [2.05, 4.69) is 33.0 Å². The lowest BCUT2D eigenvalue weighted by atomic mass is 10.2. The summed E-state index contributed by atoms with van der Waals surface area (Å²) in [6.45, 7) is 6.03. The Morgan fingerprint density at radius 2 is 2.20 bits per heavy atom. The van der Waals surface area contributed by atoms with E-state index in [4.69, 9.17) is 11.2 Å². The second-order valence-electron chi connectivity index (χ2n) is 5.90. The summed E-state index contributed by atoms with van der Waals surface area (Å²) < 4.78 is 7.54. The molecule has 0 bridgehead atoms. The summed E-state index contributed by atoms with van der Waals surface area (Å²) in [6, 6.07) is 7.29. The topological polar surface area (TPSA) is 68.2 Å². The second kappa shape index (κ2) is 9.38. The summed E-state index contributed by atoms with van der Waals surface area (Å²) in [7, 11) is 0. The summed E-state index contributed by atoms with van der Waals surface area (Å²) in [6.07, 6.45) is 8.94. The Morgan fingerprint density at radius 1 is 1.40 bits per heavy atom. The van der Waals surface area contributed by atoms with Crippen LogP contribution in [0.4, 0.5) is 4.79 Å². The van der Waals surface area contributed by atoms with Gasteiger partial charge in [-0.3, -0.25) is 0 Å². The van der Waals surface area contributed by atoms with Gasteiger partial charge in [-0.1, -0.05) is 31.0 Å². The lowest BCUT2D eigenvalue weighted by molar-refractivity contribution is 0.238. The molecular formula is C19H24N4O2. The molecule has 1 atom stereocenters. The van der Waals surface area contributed by atoms with Gasteiger partial charge in [-0.2, -0.15) is 0 Å². The Bertz CT molecular complexity index is 733. The fraction of sp³-hybridized carbons (Fsp3) is 0.368. The Morgan fingerprint density at radius 3 is 2.92 bits per heavy atom. The molecule has 1 aromatic carbocycles. The maximum atomic E-state index is 12.0. The van der Waals surface area contributed by atoms with Gasteiger partial charge in [-0.25, -0.2) is 9.78 Å². The van der Waals surface area contributed by atoms with E-state index in [1.165, 1.54) is 0 Å². The highest BCUT2D eigenvalue weighted by molar-refractivity contribution is 5.73. The van der Waals surface area contributed by atoms with Crippen molar-refractivity contribution in [3.05, 3.63) is 48.0 Å². The van der Waals surface area contributed by atoms with Crippen molar-refractivity contribution >= 4 is 6.03 Å². The van der Waals surface area contributed by atoms with Gasteiger partial charge in [-0.15, -0.1) is 6.42 Å². The van der Waals surface area contributed by atoms with Crippen molar-refractivity contribution in [1.82, 2.24) is 20.2 Å². The van der Waals surface area contributed by atoms with Crippen LogP contribution < -0.4 is 15.4 Å². The third-order valence-corrected chi connectivity index (χ3v) is 3.77. The number of aryl methyl sites for hydroxylation is 1. The molecule has 6 nitrogen and oxygen atoms in total. The van der Waals surface area contributed by atoms with Crippen LogP contribution in [0.3, 0.4) is 0 Å². The Balaban J connectivity index is 1.75. The molecule has 0 aliphatic rings. The Labute approximate surface area is 148 Å². The van der Waals surface area contributed by atoms with E-state index in [0.717, 1.165) is 17.9 Å². The van der Waals surface area contributed by atoms with Gasteiger partial charge in [0.05, 0.1) is 0 Å². The number of hydrogen-bond donors (Lipinski definition) is 2. The molecule has 2 amide bonds. The number of urea groups is 1. The molecule has 0 saturated carbocycles. The van der Waals surface area contributed by atoms with Crippen molar-refractivity contribution < 1.29 is 9.53 Å². The molecule has 2 rings (SSSR count). The maximum Gasteiger partial charge on any atom is 0.315 e. The minimum Gasteiger partial charge on any atom is -0.481 e. The number of carbonyl (C=O) groups is 1. The highest BCUT2D eigenvalue weighted by Crippen LogP contribution is 2.17. The third-order valence-electron chi connectivity index (χ3n) is 3.77. The number of terminal acetylenes is 1. The highest BCUT2D eigenvalue weighted by atomic mass is 16.5. The van der Waals surface area contributed by atoms with Gasteiger partial charge >= 0.3 is 6.03 Å². The van der Waals surface area contributed by atoms with Crippen molar-refractivity contribution in [3.63, 3.8) is 0 Å². The number of nitrogens with one attached hydrogen (secondary N) is 2. The van der Waals surface area contributed by atoms with Gasteiger partial charge in [0.25, 0.3) is 0 Å². The van der Waals surface area contributed by atoms with Gasteiger partial charge < -0.3 is 19.9 Å². The van der Waals surface area contributed by atoms with E-state index in [1.54, 1.807) is 6.20 Å². The number of carbonyl (C=O) groups excluding carboxylic acids is 1. The molecule has 0 saturated heterocycles. The smallest absolute Gasteiger partial charge is 0.315 e. The Hall–Kier alpha value is -2.94. The van der Waals surface area contributed by atoms with Crippen molar-refractivity contribution in [2.24, 2.45) is 5.92 Å². The normalized spacial score (nSPS) is 11.4. The fourth-order valence-electron chi connectivity index (χ4n) is 2.41. The van der Waals surface area contributed by atoms with Gasteiger partial charge in [-0.05, 0) is 18.9 Å². The molecule has 1 aromatic heterocycles. The van der Waals surface area contributed by atoms with Crippen LogP contribution in [0.1, 0.15) is 18.3 Å². The van der Waals surface area contributed by atoms with Crippen molar-refractivity contribution in [1.29, 1.82) is 0 Å². The van der Waals surface area contributed by atoms with Crippen LogP contribution >= 0.6 is 0 Å². The largest absolute Gasteiger partial charge is 0.481 e. The van der Waals surface area contributed by atoms with Crippen molar-refractivity contribution in [3.8, 4) is 18.1 Å². The molecule has 1 heterocycles. The minimum absolute atomic E-state index is 0.203. The first-order valence-corrected chi connectivity index (χ1v) is 8.23. The number of rotatable bonds is 8. The van der Waals surface area contributed by atoms with Crippen LogP contribution in [0.25, 0.3) is 0 Å². The zero-order chi connectivity index (χ0) is 18.1. The van der Waals surface area contributed by atoms with Crippen LogP contribution in [0.15, 0.2) is 36.7 Å². The number of amides is 2. The van der Waals surface area contributed by atoms with Crippen LogP contribution in [0.5, 0.6) is 5.75 Å². The van der Waals surface area contributed by atoms with Gasteiger partial charge in [0.2, 0.25) is 0 Å². The minimum atomic E-state index is -0.207. The van der Waals surface area contributed by atoms with Crippen LogP contribution in [-0.4, -0.2) is 28.7 Å². The number of hydrogen-bond acceptors (Lipinski definition) is 3. The molecule has 25 heavy (non-hydrogen) atoms. The lowest BCUT2D eigenvalue weighted by Gasteiger charge is -2.15. The fourth-order valence-corrected chi connectivity index (χ4v) is 2.41. The molecule has 2 aromatic rings. The van der Waals surface area contributed by atoms with Crippen LogP contribution in [-0.2, 0) is 13.1 Å². The predicted molar refractivity (Wildman–Crippen MR) is 97.1 cm³/mol. The summed E-state index contributed by atoms with van der Waals surface area (Å²) in [5.41, 5.74) is 0.884. The standard InChI is InChI=1S/C19H24N4O2/c1-4-11-25-18-8-6-5-7-17(18)13-22-19(24)21-12-15(2)14-23-10-9-20-16(23)3/h1,5-10,15H,11-14H2,2-3H3,(H2,21,22,24)/t15-/m1/s1. The molecular weight excluding hydrogens is 316 g/mol. The average Bonchev–Trinajstić information content (AvgIpc) is 3.01. The first kappa shape index (κ1) is 18.4. The van der Waals surface area contributed by atoms with Crippen LogP contribution in [0.2, 0.25) is 0 Å². The van der Waals surface area contributed by atoms with Crippen molar-refractivity contribution in [2.75, 3.05) is 13.2 Å². The van der Waals surface area contributed by atoms with Gasteiger partial charge in [0, 0.05) is 37.6 Å². The second-order valence-corrected chi connectivity index (χ2v) is 5.90. The monoisotopic (exact) mass is 340 g/mol. The molecule has 0 unspecified atom stereocenters. The number of benzene rings is 1. The summed E-state index contributed by atoms with van der Waals surface area (Å²) in [5.74, 6) is 4.39. The van der Waals surface area contributed by atoms with Crippen molar-refractivity contribution in [2.45, 2.75) is 26.9 Å². The molecule has 0 radical (unpaired) electrons. The first-order chi connectivity index (χ1) is 12.1. The molecule has 2 N–H and O–H groups in total. The summed E-state index contributed by atoms with van der Waals surface area (Å²) in [4.78, 5) is 16.2. The molecule has 0 spiro atoms. The molecule has 6 heteroatoms. The van der Waals surface area contributed by atoms with E-state index >= 15 is 0 Å². The number of aromatic nitrogens is 2. The molecule has 132 valence electrons. The van der Waals surface area contributed by atoms with E-state index in [0.29, 0.717) is 24.8 Å². The predicted octanol–water partition coefficient (Wildman–Crippen LogP) is 2.34. The van der Waals surface area contributed by atoms with E-state index in [1.807, 2.05) is 37.4 Å². The number of para-hydroxylation sites is 1. The number of nitrogens with zero attached hydrogens (tertiary/aromatic N) is 2. The van der Waals surface area contributed by atoms with E-state index < -0.39 is 0 Å². The SMILES string of the molecule is C#CCOc1ccccc1CNC(=O)NC[C@@H](C)Cn1ccnc1C. The van der Waals surface area contributed by atoms with Crippen LogP contribution in [0, 0.1) is 25.2 Å². The highest BCUT2D eigenvalue weighted by Gasteiger charge is 2.09. The molecule has 0 fully saturated rings. The van der Waals surface area contributed by atoms with Gasteiger partial charge in [0.15, 0.2) is 0 Å². The van der Waals surface area contributed by atoms with E-state index in [-0.39, 0.29) is 12.6 Å². The lowest BCUT2D eigenvalue weighted by Crippen LogP contribution is -2.38. The summed E-state index contributed by atoms with van der Waals surface area (Å²) in [5, 5.41) is 5.73. The maximum absolute atomic E-state index is 12.0. The molecule has 0 aliphatic carbocycles. The Kier molecular flexibility index (Phi) is 6.90. The van der Waals surface area contributed by atoms with E-state index in [9.17, 15) is 4.79 Å². The zero-order valence-corrected chi connectivity index (χ0v) is 14.7. The number of imidazole rings is 1. The average molecular weight is 340 g/mol. The quantitative estimate of drug-likeness (QED) is 0.725. The number of ether oxygens (including phenoxy) is 1.